The minimum atomic E-state index is -3.52. The highest BCUT2D eigenvalue weighted by Crippen LogP contribution is 2.26. The fraction of sp³-hybridized carbons (Fsp3) is 0.550. The fourth-order valence-corrected chi connectivity index (χ4v) is 5.76. The van der Waals surface area contributed by atoms with Crippen molar-refractivity contribution in [2.75, 3.05) is 45.8 Å². The van der Waals surface area contributed by atoms with Gasteiger partial charge in [-0.25, -0.2) is 8.42 Å². The Morgan fingerprint density at radius 3 is 2.57 bits per heavy atom. The van der Waals surface area contributed by atoms with Gasteiger partial charge in [0.15, 0.2) is 0 Å². The summed E-state index contributed by atoms with van der Waals surface area (Å²) in [6, 6.07) is 7.40. The van der Waals surface area contributed by atoms with Crippen molar-refractivity contribution in [3.05, 3.63) is 36.0 Å². The molecule has 1 aromatic carbocycles. The van der Waals surface area contributed by atoms with E-state index in [9.17, 15) is 8.42 Å². The molecular formula is C20H29ClN4O2S. The zero-order valence-electron chi connectivity index (χ0n) is 16.3. The summed E-state index contributed by atoms with van der Waals surface area (Å²) in [5.41, 5.74) is 1.60. The summed E-state index contributed by atoms with van der Waals surface area (Å²) in [5.74, 6) is 0.736. The molecular weight excluding hydrogens is 396 g/mol. The monoisotopic (exact) mass is 424 g/mol. The number of piperidine rings is 1. The van der Waals surface area contributed by atoms with Gasteiger partial charge in [0.1, 0.15) is 4.90 Å². The van der Waals surface area contributed by atoms with Gasteiger partial charge in [-0.2, -0.15) is 4.31 Å². The second kappa shape index (κ2) is 9.05. The number of piperazine rings is 1. The number of para-hydroxylation sites is 1. The molecule has 2 aliphatic heterocycles. The Kier molecular flexibility index (Phi) is 6.94. The highest BCUT2D eigenvalue weighted by atomic mass is 35.5. The van der Waals surface area contributed by atoms with Gasteiger partial charge in [0.2, 0.25) is 10.0 Å². The first-order valence-electron chi connectivity index (χ1n) is 9.82. The lowest BCUT2D eigenvalue weighted by Crippen LogP contribution is -2.50. The van der Waals surface area contributed by atoms with Crippen molar-refractivity contribution >= 4 is 33.3 Å². The van der Waals surface area contributed by atoms with Crippen LogP contribution in [0.15, 0.2) is 35.4 Å². The van der Waals surface area contributed by atoms with Crippen LogP contribution in [0, 0.1) is 12.8 Å². The van der Waals surface area contributed by atoms with Crippen LogP contribution in [0.25, 0.3) is 10.9 Å². The molecule has 2 fully saturated rings. The molecule has 28 heavy (non-hydrogen) atoms. The molecule has 0 amide bonds. The smallest absolute Gasteiger partial charge is 0.245 e. The van der Waals surface area contributed by atoms with Gasteiger partial charge < -0.3 is 10.2 Å². The Morgan fingerprint density at radius 2 is 1.86 bits per heavy atom. The fourth-order valence-electron chi connectivity index (χ4n) is 4.17. The number of fused-ring (bicyclic) bond motifs is 1. The van der Waals surface area contributed by atoms with E-state index >= 15 is 0 Å². The minimum Gasteiger partial charge on any atom is -0.317 e. The quantitative estimate of drug-likeness (QED) is 0.815. The summed E-state index contributed by atoms with van der Waals surface area (Å²) in [6.07, 6.45) is 4.18. The number of halogens is 1. The average Bonchev–Trinajstić information content (AvgIpc) is 2.68. The third-order valence-electron chi connectivity index (χ3n) is 5.73. The van der Waals surface area contributed by atoms with Crippen LogP contribution in [0.1, 0.15) is 18.4 Å². The number of nitrogens with zero attached hydrogens (tertiary/aromatic N) is 3. The van der Waals surface area contributed by atoms with E-state index in [1.807, 2.05) is 25.1 Å². The Labute approximate surface area is 173 Å². The zero-order valence-corrected chi connectivity index (χ0v) is 17.9. The van der Waals surface area contributed by atoms with E-state index in [1.165, 1.54) is 12.8 Å². The van der Waals surface area contributed by atoms with E-state index in [4.69, 9.17) is 0 Å². The molecule has 0 saturated carbocycles. The van der Waals surface area contributed by atoms with Crippen molar-refractivity contribution < 1.29 is 8.42 Å². The summed E-state index contributed by atoms with van der Waals surface area (Å²) in [5, 5.41) is 4.28. The average molecular weight is 425 g/mol. The number of benzene rings is 1. The van der Waals surface area contributed by atoms with Crippen LogP contribution in [0.3, 0.4) is 0 Å². The van der Waals surface area contributed by atoms with E-state index < -0.39 is 10.0 Å². The predicted octanol–water partition coefficient (Wildman–Crippen LogP) is 2.27. The number of aryl methyl sites for hydroxylation is 1. The molecule has 0 aliphatic carbocycles. The molecule has 1 aromatic heterocycles. The maximum Gasteiger partial charge on any atom is 0.245 e. The third kappa shape index (κ3) is 4.49. The Bertz CT molecular complexity index is 908. The second-order valence-electron chi connectivity index (χ2n) is 7.74. The van der Waals surface area contributed by atoms with Gasteiger partial charge in [-0.1, -0.05) is 12.1 Å². The Balaban J connectivity index is 0.00000225. The summed E-state index contributed by atoms with van der Waals surface area (Å²) < 4.78 is 28.1. The highest BCUT2D eigenvalue weighted by Gasteiger charge is 2.31. The van der Waals surface area contributed by atoms with Crippen LogP contribution in [0.4, 0.5) is 0 Å². The Morgan fingerprint density at radius 1 is 1.14 bits per heavy atom. The van der Waals surface area contributed by atoms with E-state index in [1.54, 1.807) is 16.6 Å². The van der Waals surface area contributed by atoms with Gasteiger partial charge in [0.05, 0.1) is 5.52 Å². The lowest BCUT2D eigenvalue weighted by atomic mass is 9.97. The van der Waals surface area contributed by atoms with Gasteiger partial charge in [0.25, 0.3) is 0 Å². The van der Waals surface area contributed by atoms with Crippen LogP contribution >= 0.6 is 12.4 Å². The zero-order chi connectivity index (χ0) is 18.9. The topological polar surface area (TPSA) is 65.5 Å². The van der Waals surface area contributed by atoms with Crippen molar-refractivity contribution in [2.45, 2.75) is 24.7 Å². The largest absolute Gasteiger partial charge is 0.317 e. The maximum absolute atomic E-state index is 13.2. The molecule has 0 bridgehead atoms. The third-order valence-corrected chi connectivity index (χ3v) is 7.67. The van der Waals surface area contributed by atoms with Gasteiger partial charge in [0, 0.05) is 44.3 Å². The van der Waals surface area contributed by atoms with Crippen molar-refractivity contribution in [2.24, 2.45) is 5.92 Å². The first-order valence-corrected chi connectivity index (χ1v) is 11.3. The molecule has 4 rings (SSSR count). The molecule has 154 valence electrons. The number of sulfonamides is 1. The SMILES string of the molecule is Cc1cnc2c(S(=O)(=O)N3CCN(CC4CCNCC4)CC3)cccc2c1.Cl. The summed E-state index contributed by atoms with van der Waals surface area (Å²) in [4.78, 5) is 7.16. The predicted molar refractivity (Wildman–Crippen MR) is 115 cm³/mol. The molecule has 8 heteroatoms. The molecule has 3 heterocycles. The van der Waals surface area contributed by atoms with Gasteiger partial charge in [-0.3, -0.25) is 4.98 Å². The molecule has 1 N–H and O–H groups in total. The maximum atomic E-state index is 13.2. The standard InChI is InChI=1S/C20H28N4O2S.ClH/c1-16-13-18-3-2-4-19(20(18)22-14-16)27(25,26)24-11-9-23(10-12-24)15-17-5-7-21-8-6-17;/h2-4,13-14,17,21H,5-12,15H2,1H3;1H. The van der Waals surface area contributed by atoms with Crippen LogP contribution in [0.5, 0.6) is 0 Å². The Hall–Kier alpha value is -1.25. The van der Waals surface area contributed by atoms with Gasteiger partial charge in [-0.15, -0.1) is 12.4 Å². The van der Waals surface area contributed by atoms with Crippen LogP contribution < -0.4 is 5.32 Å². The van der Waals surface area contributed by atoms with Crippen LogP contribution in [-0.2, 0) is 10.0 Å². The van der Waals surface area contributed by atoms with E-state index in [0.29, 0.717) is 23.5 Å². The summed E-state index contributed by atoms with van der Waals surface area (Å²) >= 11 is 0. The van der Waals surface area contributed by atoms with Gasteiger partial charge >= 0.3 is 0 Å². The number of nitrogens with one attached hydrogen (secondary N) is 1. The summed E-state index contributed by atoms with van der Waals surface area (Å²) in [7, 11) is -3.52. The minimum absolute atomic E-state index is 0. The molecule has 0 unspecified atom stereocenters. The second-order valence-corrected chi connectivity index (χ2v) is 9.64. The molecule has 2 aliphatic rings. The molecule has 6 nitrogen and oxygen atoms in total. The molecule has 0 atom stereocenters. The number of pyridine rings is 1. The van der Waals surface area contributed by atoms with Gasteiger partial charge in [-0.05, 0) is 56.5 Å². The van der Waals surface area contributed by atoms with Crippen molar-refractivity contribution in [1.29, 1.82) is 0 Å². The summed E-state index contributed by atoms with van der Waals surface area (Å²) in [6.45, 7) is 7.98. The normalized spacial score (nSPS) is 20.2. The number of rotatable bonds is 4. The number of aromatic nitrogens is 1. The van der Waals surface area contributed by atoms with Crippen molar-refractivity contribution in [3.8, 4) is 0 Å². The van der Waals surface area contributed by atoms with Crippen LogP contribution in [-0.4, -0.2) is 68.4 Å². The van der Waals surface area contributed by atoms with Crippen molar-refractivity contribution in [3.63, 3.8) is 0 Å². The number of hydrogen-bond donors (Lipinski definition) is 1. The molecule has 0 radical (unpaired) electrons. The lowest BCUT2D eigenvalue weighted by molar-refractivity contribution is 0.152. The molecule has 0 spiro atoms. The van der Waals surface area contributed by atoms with Crippen LogP contribution in [0.2, 0.25) is 0 Å². The first-order chi connectivity index (χ1) is 13.0. The van der Waals surface area contributed by atoms with E-state index in [2.05, 4.69) is 15.2 Å². The number of hydrogen-bond acceptors (Lipinski definition) is 5. The molecule has 2 saturated heterocycles. The van der Waals surface area contributed by atoms with E-state index in [0.717, 1.165) is 49.6 Å². The highest BCUT2D eigenvalue weighted by molar-refractivity contribution is 7.89. The van der Waals surface area contributed by atoms with Crippen molar-refractivity contribution in [1.82, 2.24) is 19.5 Å². The lowest BCUT2D eigenvalue weighted by Gasteiger charge is -2.36. The first kappa shape index (κ1) is 21.5. The molecule has 2 aromatic rings. The van der Waals surface area contributed by atoms with E-state index in [-0.39, 0.29) is 12.4 Å².